The number of hydroxylamine groups is 2. The third-order valence-corrected chi connectivity index (χ3v) is 4.24. The summed E-state index contributed by atoms with van der Waals surface area (Å²) in [6, 6.07) is -1.34. The van der Waals surface area contributed by atoms with Gasteiger partial charge < -0.3 is 9.32 Å². The van der Waals surface area contributed by atoms with Crippen molar-refractivity contribution in [3.05, 3.63) is 37.1 Å². The molecule has 3 rings (SSSR count). The van der Waals surface area contributed by atoms with E-state index < -0.39 is 16.2 Å². The Kier molecular flexibility index (Phi) is 4.43. The molecule has 0 aliphatic carbocycles. The summed E-state index contributed by atoms with van der Waals surface area (Å²) in [5.41, 5.74) is 0.581. The van der Waals surface area contributed by atoms with Crippen molar-refractivity contribution in [1.82, 2.24) is 14.9 Å². The van der Waals surface area contributed by atoms with Crippen LogP contribution in [0.4, 0.5) is 4.79 Å². The van der Waals surface area contributed by atoms with Crippen LogP contribution in [0, 0.1) is 0 Å². The highest BCUT2D eigenvalue weighted by atomic mass is 32.2. The molecule has 2 aliphatic heterocycles. The van der Waals surface area contributed by atoms with Crippen LogP contribution in [0.5, 0.6) is 0 Å². The van der Waals surface area contributed by atoms with E-state index in [-0.39, 0.29) is 25.3 Å². The van der Waals surface area contributed by atoms with Crippen molar-refractivity contribution in [3.8, 4) is 0 Å². The average molecular weight is 355 g/mol. The molecule has 2 bridgehead atoms. The van der Waals surface area contributed by atoms with Crippen molar-refractivity contribution in [1.29, 1.82) is 0 Å². The first-order valence-corrected chi connectivity index (χ1v) is 9.02. The minimum Gasteiger partial charge on any atom is -0.445 e. The van der Waals surface area contributed by atoms with Crippen molar-refractivity contribution >= 4 is 21.7 Å². The van der Waals surface area contributed by atoms with Crippen molar-refractivity contribution in [2.24, 2.45) is 0 Å². The number of rotatable bonds is 7. The fourth-order valence-electron chi connectivity index (χ4n) is 2.72. The largest absolute Gasteiger partial charge is 0.445 e. The Morgan fingerprint density at radius 3 is 2.96 bits per heavy atom. The molecule has 3 heterocycles. The predicted molar refractivity (Wildman–Crippen MR) is 82.9 cm³/mol. The fourth-order valence-corrected chi connectivity index (χ4v) is 3.10. The third kappa shape index (κ3) is 3.21. The van der Waals surface area contributed by atoms with Crippen LogP contribution in [0.3, 0.4) is 0 Å². The average Bonchev–Trinajstić information content (AvgIpc) is 3.13. The number of carbonyl (C=O) groups is 1. The van der Waals surface area contributed by atoms with E-state index in [2.05, 4.69) is 11.6 Å². The van der Waals surface area contributed by atoms with Crippen LogP contribution >= 0.6 is 0 Å². The lowest BCUT2D eigenvalue weighted by atomic mass is 10.00. The summed E-state index contributed by atoms with van der Waals surface area (Å²) in [5, 5.41) is 1.24. The van der Waals surface area contributed by atoms with Crippen LogP contribution in [-0.4, -0.2) is 67.5 Å². The van der Waals surface area contributed by atoms with E-state index in [0.29, 0.717) is 18.0 Å². The summed E-state index contributed by atoms with van der Waals surface area (Å²) in [5.74, 6) is 0.310. The molecule has 1 fully saturated rings. The monoisotopic (exact) mass is 355 g/mol. The van der Waals surface area contributed by atoms with Crippen molar-refractivity contribution in [2.75, 3.05) is 26.0 Å². The summed E-state index contributed by atoms with van der Waals surface area (Å²) >= 11 is 0. The first kappa shape index (κ1) is 16.7. The van der Waals surface area contributed by atoms with Gasteiger partial charge in [0.1, 0.15) is 6.26 Å². The zero-order valence-electron chi connectivity index (χ0n) is 13.0. The highest BCUT2D eigenvalue weighted by Crippen LogP contribution is 2.34. The Labute approximate surface area is 139 Å². The van der Waals surface area contributed by atoms with E-state index in [4.69, 9.17) is 13.4 Å². The maximum absolute atomic E-state index is 12.5. The van der Waals surface area contributed by atoms with E-state index in [1.54, 1.807) is 6.08 Å². The molecule has 0 aromatic carbocycles. The molecule has 1 aromatic heterocycles. The maximum atomic E-state index is 12.5. The second-order valence-corrected chi connectivity index (χ2v) is 7.02. The topological polar surface area (TPSA) is 102 Å². The number of hydrogen-bond donors (Lipinski definition) is 0. The molecule has 2 amide bonds. The van der Waals surface area contributed by atoms with Gasteiger partial charge in [-0.2, -0.15) is 13.5 Å². The number of hydrogen-bond acceptors (Lipinski definition) is 7. The van der Waals surface area contributed by atoms with Crippen LogP contribution < -0.4 is 0 Å². The summed E-state index contributed by atoms with van der Waals surface area (Å²) in [6.45, 7) is 3.88. The molecule has 0 unspecified atom stereocenters. The Balaban J connectivity index is 1.91. The molecular weight excluding hydrogens is 338 g/mol. The van der Waals surface area contributed by atoms with Crippen molar-refractivity contribution < 1.29 is 26.7 Å². The quantitative estimate of drug-likeness (QED) is 0.522. The lowest BCUT2D eigenvalue weighted by Crippen LogP contribution is -2.43. The predicted octanol–water partition coefficient (Wildman–Crippen LogP) is 0.640. The molecule has 2 aliphatic rings. The van der Waals surface area contributed by atoms with Crippen LogP contribution in [-0.2, 0) is 19.1 Å². The summed E-state index contributed by atoms with van der Waals surface area (Å²) in [6.07, 6.45) is 7.16. The molecule has 1 saturated heterocycles. The molecule has 0 N–H and O–H groups in total. The molecule has 2 atom stereocenters. The Morgan fingerprint density at radius 1 is 1.54 bits per heavy atom. The first-order valence-electron chi connectivity index (χ1n) is 7.20. The molecule has 9 nitrogen and oxygen atoms in total. The lowest BCUT2D eigenvalue weighted by Gasteiger charge is -2.29. The summed E-state index contributed by atoms with van der Waals surface area (Å²) in [7, 11) is -3.65. The van der Waals surface area contributed by atoms with E-state index in [9.17, 15) is 13.2 Å². The Hall–Kier alpha value is -2.17. The van der Waals surface area contributed by atoms with Gasteiger partial charge in [-0.3, -0.25) is 9.02 Å². The highest BCUT2D eigenvalue weighted by molar-refractivity contribution is 7.85. The smallest absolute Gasteiger partial charge is 0.345 e. The highest BCUT2D eigenvalue weighted by Gasteiger charge is 2.47. The second-order valence-electron chi connectivity index (χ2n) is 5.38. The normalized spacial score (nSPS) is 23.5. The van der Waals surface area contributed by atoms with Crippen LogP contribution in [0.15, 0.2) is 35.6 Å². The van der Waals surface area contributed by atoms with E-state index >= 15 is 0 Å². The van der Waals surface area contributed by atoms with Crippen LogP contribution in [0.2, 0.25) is 0 Å². The molecule has 24 heavy (non-hydrogen) atoms. The van der Waals surface area contributed by atoms with Crippen molar-refractivity contribution in [3.63, 3.8) is 0 Å². The number of fused-ring (bicyclic) bond motifs is 2. The molecule has 0 saturated carbocycles. The molecule has 0 spiro atoms. The van der Waals surface area contributed by atoms with Crippen LogP contribution in [0.25, 0.3) is 5.57 Å². The van der Waals surface area contributed by atoms with Gasteiger partial charge in [0.15, 0.2) is 0 Å². The third-order valence-electron chi connectivity index (χ3n) is 3.68. The molecule has 0 radical (unpaired) electrons. The molecule has 130 valence electrons. The zero-order chi connectivity index (χ0) is 17.3. The van der Waals surface area contributed by atoms with Gasteiger partial charge in [-0.15, -0.1) is 6.58 Å². The van der Waals surface area contributed by atoms with Crippen molar-refractivity contribution in [2.45, 2.75) is 12.1 Å². The number of carbonyl (C=O) groups excluding carboxylic acids is 1. The van der Waals surface area contributed by atoms with E-state index in [1.807, 2.05) is 0 Å². The van der Waals surface area contributed by atoms with E-state index in [0.717, 1.165) is 6.26 Å². The minimum atomic E-state index is -3.65. The van der Waals surface area contributed by atoms with Crippen LogP contribution in [0.1, 0.15) is 5.89 Å². The fraction of sp³-hybridized carbons (Fsp3) is 0.429. The second kappa shape index (κ2) is 6.38. The van der Waals surface area contributed by atoms with Gasteiger partial charge in [-0.25, -0.2) is 9.78 Å². The lowest BCUT2D eigenvalue weighted by molar-refractivity contribution is -0.107. The standard InChI is InChI=1S/C14H17N3O6S/c1-3-5-22-17-10-7-11(13-15-4-6-21-13)12(9-23-24(2,19)20)16(8-10)14(17)18/h3-4,6-7,10,12H,1,5,8-9H2,2H3/t10-,12-/m1/s1. The van der Waals surface area contributed by atoms with Gasteiger partial charge in [0.05, 0.1) is 37.8 Å². The van der Waals surface area contributed by atoms with E-state index in [1.165, 1.54) is 28.5 Å². The zero-order valence-corrected chi connectivity index (χ0v) is 13.8. The molecule has 10 heteroatoms. The Bertz CT molecular complexity index is 757. The number of nitrogens with zero attached hydrogens (tertiary/aromatic N) is 3. The van der Waals surface area contributed by atoms with Gasteiger partial charge in [0.25, 0.3) is 10.1 Å². The molecule has 1 aromatic rings. The van der Waals surface area contributed by atoms with Gasteiger partial charge >= 0.3 is 6.03 Å². The summed E-state index contributed by atoms with van der Waals surface area (Å²) < 4.78 is 32.9. The summed E-state index contributed by atoms with van der Waals surface area (Å²) in [4.78, 5) is 23.5. The number of urea groups is 1. The van der Waals surface area contributed by atoms with Gasteiger partial charge in [0.2, 0.25) is 5.89 Å². The number of aromatic nitrogens is 1. The number of oxazole rings is 1. The minimum absolute atomic E-state index is 0.183. The molecular formula is C14H17N3O6S. The van der Waals surface area contributed by atoms with Gasteiger partial charge in [-0.1, -0.05) is 6.08 Å². The SMILES string of the molecule is C=CCON1C(=O)N2C[C@H]1C=C(c1ncco1)[C@H]2COS(C)(=O)=O. The Morgan fingerprint density at radius 2 is 2.33 bits per heavy atom. The first-order chi connectivity index (χ1) is 11.4. The van der Waals surface area contributed by atoms with Gasteiger partial charge in [-0.05, 0) is 6.08 Å². The number of amides is 2. The van der Waals surface area contributed by atoms with Gasteiger partial charge in [0, 0.05) is 12.1 Å². The maximum Gasteiger partial charge on any atom is 0.345 e.